The molecule has 0 radical (unpaired) electrons. The zero-order valence-corrected chi connectivity index (χ0v) is 11.7. The molecule has 1 aromatic heterocycles. The van der Waals surface area contributed by atoms with Crippen molar-refractivity contribution >= 4 is 11.6 Å². The first-order chi connectivity index (χ1) is 9.70. The van der Waals surface area contributed by atoms with Crippen molar-refractivity contribution in [2.45, 2.75) is 26.7 Å². The van der Waals surface area contributed by atoms with Gasteiger partial charge in [-0.1, -0.05) is 37.6 Å². The summed E-state index contributed by atoms with van der Waals surface area (Å²) in [4.78, 5) is 11.7. The first kappa shape index (κ1) is 14.1. The Balaban J connectivity index is 2.01. The largest absolute Gasteiger partial charge is 0.459 e. The van der Waals surface area contributed by atoms with Gasteiger partial charge < -0.3 is 4.42 Å². The number of hydrogen-bond acceptors (Lipinski definition) is 3. The van der Waals surface area contributed by atoms with Gasteiger partial charge in [0.2, 0.25) is 0 Å². The molecule has 4 heteroatoms. The molecule has 104 valence electrons. The van der Waals surface area contributed by atoms with E-state index in [1.807, 2.05) is 19.1 Å². The van der Waals surface area contributed by atoms with Gasteiger partial charge in [0.1, 0.15) is 0 Å². The molecule has 0 aliphatic heterocycles. The maximum Gasteiger partial charge on any atom is 0.307 e. The van der Waals surface area contributed by atoms with Crippen LogP contribution in [0.1, 0.15) is 41.9 Å². The number of hydrazone groups is 1. The van der Waals surface area contributed by atoms with Crippen molar-refractivity contribution in [3.8, 4) is 0 Å². The lowest BCUT2D eigenvalue weighted by atomic mass is 10.1. The number of nitrogens with zero attached hydrogens (tertiary/aromatic N) is 1. The quantitative estimate of drug-likeness (QED) is 0.669. The summed E-state index contributed by atoms with van der Waals surface area (Å²) in [6.07, 6.45) is 3.66. The van der Waals surface area contributed by atoms with E-state index in [4.69, 9.17) is 4.42 Å². The van der Waals surface area contributed by atoms with E-state index in [1.165, 1.54) is 11.8 Å². The summed E-state index contributed by atoms with van der Waals surface area (Å²) in [5.41, 5.74) is 5.54. The monoisotopic (exact) mass is 270 g/mol. The highest BCUT2D eigenvalue weighted by Gasteiger charge is 2.07. The zero-order valence-electron chi connectivity index (χ0n) is 11.7. The summed E-state index contributed by atoms with van der Waals surface area (Å²) in [6, 6.07) is 11.5. The van der Waals surface area contributed by atoms with Crippen molar-refractivity contribution in [1.29, 1.82) is 0 Å². The van der Waals surface area contributed by atoms with Crippen LogP contribution in [0.5, 0.6) is 0 Å². The van der Waals surface area contributed by atoms with Gasteiger partial charge in [-0.25, -0.2) is 5.43 Å². The lowest BCUT2D eigenvalue weighted by Crippen LogP contribution is -2.18. The lowest BCUT2D eigenvalue weighted by molar-refractivity contribution is 0.0927. The molecule has 0 saturated heterocycles. The molecule has 1 amide bonds. The topological polar surface area (TPSA) is 54.6 Å². The summed E-state index contributed by atoms with van der Waals surface area (Å²) in [5.74, 6) is -0.100. The SMILES string of the molecule is CCCc1ccc(/C(C)=N/NC(=O)c2ccco2)cc1. The van der Waals surface area contributed by atoms with Crippen LogP contribution in [0.25, 0.3) is 0 Å². The van der Waals surface area contributed by atoms with Gasteiger partial charge in [0.25, 0.3) is 0 Å². The van der Waals surface area contributed by atoms with Gasteiger partial charge >= 0.3 is 5.91 Å². The average Bonchev–Trinajstić information content (AvgIpc) is 3.00. The maximum atomic E-state index is 11.7. The third-order valence-corrected chi connectivity index (χ3v) is 2.98. The van der Waals surface area contributed by atoms with Gasteiger partial charge in [0, 0.05) is 0 Å². The predicted octanol–water partition coefficient (Wildman–Crippen LogP) is 3.39. The second-order valence-electron chi connectivity index (χ2n) is 4.56. The summed E-state index contributed by atoms with van der Waals surface area (Å²) in [7, 11) is 0. The molecule has 4 nitrogen and oxygen atoms in total. The molecule has 20 heavy (non-hydrogen) atoms. The molecule has 0 fully saturated rings. The fraction of sp³-hybridized carbons (Fsp3) is 0.250. The number of carbonyl (C=O) groups is 1. The number of rotatable bonds is 5. The Morgan fingerprint density at radius 1 is 1.25 bits per heavy atom. The molecule has 2 rings (SSSR count). The molecule has 0 aliphatic carbocycles. The number of hydrogen-bond donors (Lipinski definition) is 1. The van der Waals surface area contributed by atoms with Crippen LogP contribution in [0.4, 0.5) is 0 Å². The normalized spacial score (nSPS) is 11.4. The van der Waals surface area contributed by atoms with Crippen LogP contribution < -0.4 is 5.43 Å². The first-order valence-corrected chi connectivity index (χ1v) is 6.68. The molecule has 0 unspecified atom stereocenters. The van der Waals surface area contributed by atoms with E-state index < -0.39 is 0 Å². The molecule has 1 aromatic carbocycles. The number of amides is 1. The van der Waals surface area contributed by atoms with Gasteiger partial charge in [-0.15, -0.1) is 0 Å². The van der Waals surface area contributed by atoms with Crippen LogP contribution in [0.3, 0.4) is 0 Å². The lowest BCUT2D eigenvalue weighted by Gasteiger charge is -2.03. The minimum absolute atomic E-state index is 0.250. The highest BCUT2D eigenvalue weighted by atomic mass is 16.3. The summed E-state index contributed by atoms with van der Waals surface area (Å²) in [6.45, 7) is 4.02. The molecule has 0 bridgehead atoms. The molecule has 1 N–H and O–H groups in total. The van der Waals surface area contributed by atoms with E-state index in [1.54, 1.807) is 12.1 Å². The van der Waals surface area contributed by atoms with E-state index in [0.717, 1.165) is 24.1 Å². The highest BCUT2D eigenvalue weighted by Crippen LogP contribution is 2.08. The zero-order chi connectivity index (χ0) is 14.4. The molecular formula is C16H18N2O2. The van der Waals surface area contributed by atoms with E-state index in [0.29, 0.717) is 0 Å². The van der Waals surface area contributed by atoms with E-state index in [9.17, 15) is 4.79 Å². The van der Waals surface area contributed by atoms with Crippen LogP contribution in [0, 0.1) is 0 Å². The van der Waals surface area contributed by atoms with Crippen molar-refractivity contribution in [3.63, 3.8) is 0 Å². The smallest absolute Gasteiger partial charge is 0.307 e. The second kappa shape index (κ2) is 6.70. The van der Waals surface area contributed by atoms with Crippen LogP contribution >= 0.6 is 0 Å². The number of benzene rings is 1. The molecule has 0 aliphatic rings. The number of aryl methyl sites for hydroxylation is 1. The van der Waals surface area contributed by atoms with E-state index in [-0.39, 0.29) is 11.7 Å². The Labute approximate surface area is 118 Å². The fourth-order valence-electron chi connectivity index (χ4n) is 1.86. The number of furan rings is 1. The number of carbonyl (C=O) groups excluding carboxylic acids is 1. The predicted molar refractivity (Wildman–Crippen MR) is 78.8 cm³/mol. The average molecular weight is 270 g/mol. The van der Waals surface area contributed by atoms with Gasteiger partial charge in [0.05, 0.1) is 12.0 Å². The number of nitrogens with one attached hydrogen (secondary N) is 1. The summed E-state index contributed by atoms with van der Waals surface area (Å²) >= 11 is 0. The van der Waals surface area contributed by atoms with Crippen molar-refractivity contribution in [2.24, 2.45) is 5.10 Å². The van der Waals surface area contributed by atoms with E-state index >= 15 is 0 Å². The van der Waals surface area contributed by atoms with Crippen molar-refractivity contribution in [2.75, 3.05) is 0 Å². The highest BCUT2D eigenvalue weighted by molar-refractivity contribution is 6.00. The van der Waals surface area contributed by atoms with Gasteiger partial charge in [-0.05, 0) is 36.6 Å². The van der Waals surface area contributed by atoms with Crippen LogP contribution in [0.15, 0.2) is 52.2 Å². The van der Waals surface area contributed by atoms with Crippen molar-refractivity contribution < 1.29 is 9.21 Å². The Hall–Kier alpha value is -2.36. The van der Waals surface area contributed by atoms with Crippen LogP contribution in [-0.2, 0) is 6.42 Å². The van der Waals surface area contributed by atoms with Crippen molar-refractivity contribution in [3.05, 3.63) is 59.5 Å². The van der Waals surface area contributed by atoms with E-state index in [2.05, 4.69) is 29.6 Å². The third-order valence-electron chi connectivity index (χ3n) is 2.98. The summed E-state index contributed by atoms with van der Waals surface area (Å²) < 4.78 is 4.99. The van der Waals surface area contributed by atoms with Crippen LogP contribution in [0.2, 0.25) is 0 Å². The Morgan fingerprint density at radius 3 is 2.60 bits per heavy atom. The third kappa shape index (κ3) is 3.57. The summed E-state index contributed by atoms with van der Waals surface area (Å²) in [5, 5.41) is 4.08. The van der Waals surface area contributed by atoms with Crippen LogP contribution in [-0.4, -0.2) is 11.6 Å². The molecule has 0 atom stereocenters. The molecule has 1 heterocycles. The minimum Gasteiger partial charge on any atom is -0.459 e. The van der Waals surface area contributed by atoms with Gasteiger partial charge in [0.15, 0.2) is 5.76 Å². The Bertz CT molecular complexity index is 583. The minimum atomic E-state index is -0.350. The molecule has 0 saturated carbocycles. The molecule has 0 spiro atoms. The Morgan fingerprint density at radius 2 is 2.00 bits per heavy atom. The maximum absolute atomic E-state index is 11.7. The standard InChI is InChI=1S/C16H18N2O2/c1-3-5-13-7-9-14(10-8-13)12(2)17-18-16(19)15-6-4-11-20-15/h4,6-11H,3,5H2,1-2H3,(H,18,19)/b17-12+. The fourth-order valence-corrected chi connectivity index (χ4v) is 1.86. The first-order valence-electron chi connectivity index (χ1n) is 6.68. The molecular weight excluding hydrogens is 252 g/mol. The second-order valence-corrected chi connectivity index (χ2v) is 4.56. The van der Waals surface area contributed by atoms with Gasteiger partial charge in [-0.2, -0.15) is 5.10 Å². The van der Waals surface area contributed by atoms with Gasteiger partial charge in [-0.3, -0.25) is 4.79 Å². The molecule has 2 aromatic rings. The Kier molecular flexibility index (Phi) is 4.71. The van der Waals surface area contributed by atoms with Crippen molar-refractivity contribution in [1.82, 2.24) is 5.43 Å².